The Morgan fingerprint density at radius 3 is 2.20 bits per heavy atom. The van der Waals surface area contributed by atoms with Gasteiger partial charge in [0.05, 0.1) is 15.5 Å². The van der Waals surface area contributed by atoms with Crippen molar-refractivity contribution in [2.75, 3.05) is 17.4 Å². The average molecular weight is 708 g/mol. The van der Waals surface area contributed by atoms with Crippen molar-refractivity contribution in [3.8, 4) is 0 Å². The second-order valence-corrected chi connectivity index (χ2v) is 13.4. The minimum Gasteiger partial charge on any atom is -0.354 e. The predicted molar refractivity (Wildman–Crippen MR) is 181 cm³/mol. The summed E-state index contributed by atoms with van der Waals surface area (Å²) in [7, 11) is -4.37. The van der Waals surface area contributed by atoms with Crippen molar-refractivity contribution < 1.29 is 22.9 Å². The van der Waals surface area contributed by atoms with Crippen LogP contribution >= 0.6 is 15.9 Å². The molecule has 0 bridgehead atoms. The summed E-state index contributed by atoms with van der Waals surface area (Å²) in [6.07, 6.45) is 1.79. The quantitative estimate of drug-likeness (QED) is 0.0902. The molecule has 4 rings (SSSR count). The number of carbonyl (C=O) groups is 2. The van der Waals surface area contributed by atoms with Gasteiger partial charge in [-0.05, 0) is 47.9 Å². The summed E-state index contributed by atoms with van der Waals surface area (Å²) in [4.78, 5) is 40.6. The predicted octanol–water partition coefficient (Wildman–Crippen LogP) is 6.11. The van der Waals surface area contributed by atoms with Crippen LogP contribution in [0.25, 0.3) is 0 Å². The van der Waals surface area contributed by atoms with E-state index >= 15 is 0 Å². The van der Waals surface area contributed by atoms with E-state index in [0.717, 1.165) is 38.8 Å². The van der Waals surface area contributed by atoms with E-state index in [0.29, 0.717) is 6.54 Å². The molecule has 240 valence electrons. The number of nitro benzene ring substituents is 1. The lowest BCUT2D eigenvalue weighted by molar-refractivity contribution is -0.384. The lowest BCUT2D eigenvalue weighted by Gasteiger charge is -2.34. The van der Waals surface area contributed by atoms with Gasteiger partial charge in [0.25, 0.3) is 15.7 Å². The Morgan fingerprint density at radius 1 is 0.891 bits per heavy atom. The zero-order valence-corrected chi connectivity index (χ0v) is 27.7. The Labute approximate surface area is 277 Å². The first-order valence-corrected chi connectivity index (χ1v) is 17.0. The van der Waals surface area contributed by atoms with E-state index in [1.54, 1.807) is 18.2 Å². The van der Waals surface area contributed by atoms with Crippen LogP contribution in [0.4, 0.5) is 11.4 Å². The second kappa shape index (κ2) is 16.1. The summed E-state index contributed by atoms with van der Waals surface area (Å²) in [5.74, 6) is -1.02. The van der Waals surface area contributed by atoms with E-state index in [9.17, 15) is 28.1 Å². The van der Waals surface area contributed by atoms with Crippen molar-refractivity contribution in [3.05, 3.63) is 135 Å². The molecule has 0 aromatic heterocycles. The number of nitrogens with zero attached hydrogens (tertiary/aromatic N) is 3. The van der Waals surface area contributed by atoms with Crippen LogP contribution in [-0.4, -0.2) is 49.2 Å². The van der Waals surface area contributed by atoms with Gasteiger partial charge in [0.2, 0.25) is 11.8 Å². The summed E-state index contributed by atoms with van der Waals surface area (Å²) in [6.45, 7) is 1.72. The first-order chi connectivity index (χ1) is 22.1. The number of hydrogen-bond donors (Lipinski definition) is 1. The SMILES string of the molecule is CCCCNC(=O)C(Cc1ccccc1)N(Cc1cccc(Br)c1)C(=O)CN(c1cccc([N+](=O)[O-])c1)S(=O)(=O)c1ccccc1. The molecule has 0 aliphatic carbocycles. The van der Waals surface area contributed by atoms with Crippen LogP contribution in [0.1, 0.15) is 30.9 Å². The molecule has 1 unspecified atom stereocenters. The Morgan fingerprint density at radius 2 is 1.54 bits per heavy atom. The molecule has 0 saturated heterocycles. The summed E-state index contributed by atoms with van der Waals surface area (Å²) < 4.78 is 29.7. The molecule has 4 aromatic rings. The summed E-state index contributed by atoms with van der Waals surface area (Å²) in [5.41, 5.74) is 1.15. The van der Waals surface area contributed by atoms with Gasteiger partial charge in [0, 0.05) is 36.1 Å². The zero-order valence-electron chi connectivity index (χ0n) is 25.3. The normalized spacial score (nSPS) is 11.8. The van der Waals surface area contributed by atoms with Crippen molar-refractivity contribution in [2.24, 2.45) is 0 Å². The van der Waals surface area contributed by atoms with Gasteiger partial charge in [0.1, 0.15) is 12.6 Å². The van der Waals surface area contributed by atoms with Crippen LogP contribution < -0.4 is 9.62 Å². The third kappa shape index (κ3) is 9.01. The van der Waals surface area contributed by atoms with Crippen LogP contribution in [0.2, 0.25) is 0 Å². The lowest BCUT2D eigenvalue weighted by atomic mass is 10.0. The molecule has 1 atom stereocenters. The monoisotopic (exact) mass is 706 g/mol. The molecule has 0 spiro atoms. The number of benzene rings is 4. The number of nitro groups is 1. The number of sulfonamides is 1. The highest BCUT2D eigenvalue weighted by Gasteiger charge is 2.35. The van der Waals surface area contributed by atoms with Crippen LogP contribution in [0, 0.1) is 10.1 Å². The molecule has 4 aromatic carbocycles. The standard InChI is InChI=1S/C34H35BrN4O6S/c1-2-3-20-36-34(41)32(22-26-12-6-4-7-13-26)37(24-27-14-10-15-28(35)21-27)33(40)25-38(29-16-11-17-30(23-29)39(42)43)46(44,45)31-18-8-5-9-19-31/h4-19,21,23,32H,2-3,20,22,24-25H2,1H3,(H,36,41). The maximum absolute atomic E-state index is 14.5. The molecule has 0 saturated carbocycles. The lowest BCUT2D eigenvalue weighted by Crippen LogP contribution is -2.53. The smallest absolute Gasteiger partial charge is 0.271 e. The molecular formula is C34H35BrN4O6S. The maximum Gasteiger partial charge on any atom is 0.271 e. The highest BCUT2D eigenvalue weighted by atomic mass is 79.9. The van der Waals surface area contributed by atoms with Crippen molar-refractivity contribution in [1.29, 1.82) is 0 Å². The zero-order chi connectivity index (χ0) is 33.1. The maximum atomic E-state index is 14.5. The van der Waals surface area contributed by atoms with Crippen LogP contribution in [-0.2, 0) is 32.6 Å². The Bertz CT molecular complexity index is 1760. The molecular weight excluding hydrogens is 672 g/mol. The van der Waals surface area contributed by atoms with E-state index in [2.05, 4.69) is 21.2 Å². The third-order valence-electron chi connectivity index (χ3n) is 7.28. The van der Waals surface area contributed by atoms with Crippen molar-refractivity contribution >= 4 is 49.1 Å². The Balaban J connectivity index is 1.81. The Kier molecular flexibility index (Phi) is 12.0. The van der Waals surface area contributed by atoms with Gasteiger partial charge in [-0.25, -0.2) is 8.42 Å². The Hall–Kier alpha value is -4.55. The largest absolute Gasteiger partial charge is 0.354 e. The molecule has 46 heavy (non-hydrogen) atoms. The molecule has 0 aliphatic heterocycles. The number of non-ortho nitro benzene ring substituents is 1. The number of amides is 2. The van der Waals surface area contributed by atoms with E-state index in [1.807, 2.05) is 61.5 Å². The summed E-state index contributed by atoms with van der Waals surface area (Å²) >= 11 is 3.47. The van der Waals surface area contributed by atoms with Crippen LogP contribution in [0.3, 0.4) is 0 Å². The summed E-state index contributed by atoms with van der Waals surface area (Å²) in [5, 5.41) is 14.6. The number of hydrogen-bond acceptors (Lipinski definition) is 6. The van der Waals surface area contributed by atoms with Gasteiger partial charge in [-0.15, -0.1) is 0 Å². The fourth-order valence-electron chi connectivity index (χ4n) is 4.90. The number of rotatable bonds is 15. The van der Waals surface area contributed by atoms with Gasteiger partial charge < -0.3 is 10.2 Å². The molecule has 0 fully saturated rings. The van der Waals surface area contributed by atoms with E-state index in [4.69, 9.17) is 0 Å². The van der Waals surface area contributed by atoms with Gasteiger partial charge in [-0.2, -0.15) is 0 Å². The van der Waals surface area contributed by atoms with Crippen molar-refractivity contribution in [1.82, 2.24) is 10.2 Å². The molecule has 12 heteroatoms. The van der Waals surface area contributed by atoms with Crippen molar-refractivity contribution in [3.63, 3.8) is 0 Å². The highest BCUT2D eigenvalue weighted by molar-refractivity contribution is 9.10. The molecule has 10 nitrogen and oxygen atoms in total. The first kappa shape index (κ1) is 34.3. The van der Waals surface area contributed by atoms with E-state index in [1.165, 1.54) is 35.2 Å². The van der Waals surface area contributed by atoms with Gasteiger partial charge in [-0.3, -0.25) is 24.0 Å². The molecule has 0 heterocycles. The number of nitrogens with one attached hydrogen (secondary N) is 1. The topological polar surface area (TPSA) is 130 Å². The molecule has 0 radical (unpaired) electrons. The van der Waals surface area contributed by atoms with E-state index in [-0.39, 0.29) is 35.1 Å². The average Bonchev–Trinajstić information content (AvgIpc) is 3.06. The fraction of sp³-hybridized carbons (Fsp3) is 0.235. The van der Waals surface area contributed by atoms with Gasteiger partial charge in [0.15, 0.2) is 0 Å². The van der Waals surface area contributed by atoms with E-state index < -0.39 is 33.4 Å². The third-order valence-corrected chi connectivity index (χ3v) is 9.56. The first-order valence-electron chi connectivity index (χ1n) is 14.8. The van der Waals surface area contributed by atoms with Crippen LogP contribution in [0.5, 0.6) is 0 Å². The second-order valence-electron chi connectivity index (χ2n) is 10.6. The molecule has 1 N–H and O–H groups in total. The minimum atomic E-state index is -4.37. The van der Waals surface area contributed by atoms with Crippen LogP contribution in [0.15, 0.2) is 119 Å². The minimum absolute atomic E-state index is 0.00509. The number of halogens is 1. The summed E-state index contributed by atoms with van der Waals surface area (Å²) in [6, 6.07) is 28.3. The number of carbonyl (C=O) groups excluding carboxylic acids is 2. The fourth-order valence-corrected chi connectivity index (χ4v) is 6.78. The molecule has 2 amide bonds. The van der Waals surface area contributed by atoms with Gasteiger partial charge >= 0.3 is 0 Å². The van der Waals surface area contributed by atoms with Gasteiger partial charge in [-0.1, -0.05) is 96.0 Å². The highest BCUT2D eigenvalue weighted by Crippen LogP contribution is 2.28. The van der Waals surface area contributed by atoms with Crippen molar-refractivity contribution in [2.45, 2.75) is 43.7 Å². The number of anilines is 1. The number of unbranched alkanes of at least 4 members (excludes halogenated alkanes) is 1. The molecule has 0 aliphatic rings.